The number of amides is 2. The standard InChI is InChI=1S/C20H31N3O/c1-16-9-10-17(2)19(15-16)22-11-13-23(14-12-22)20(24)21-18-7-5-3-4-6-8-18/h9-10,15,18H,3-8,11-14H2,1-2H3,(H,21,24). The van der Waals surface area contributed by atoms with Gasteiger partial charge in [0.1, 0.15) is 0 Å². The van der Waals surface area contributed by atoms with E-state index in [0.717, 1.165) is 39.0 Å². The maximum Gasteiger partial charge on any atom is 0.317 e. The van der Waals surface area contributed by atoms with Gasteiger partial charge in [0.2, 0.25) is 0 Å². The molecule has 0 atom stereocenters. The van der Waals surface area contributed by atoms with E-state index in [9.17, 15) is 4.79 Å². The largest absolute Gasteiger partial charge is 0.368 e. The fourth-order valence-corrected chi connectivity index (χ4v) is 3.90. The molecule has 1 heterocycles. The number of nitrogens with zero attached hydrogens (tertiary/aromatic N) is 2. The van der Waals surface area contributed by atoms with Crippen molar-refractivity contribution < 1.29 is 4.79 Å². The van der Waals surface area contributed by atoms with E-state index in [1.807, 2.05) is 4.90 Å². The molecule has 2 amide bonds. The van der Waals surface area contributed by atoms with Gasteiger partial charge in [-0.15, -0.1) is 0 Å². The number of hydrogen-bond acceptors (Lipinski definition) is 2. The zero-order chi connectivity index (χ0) is 16.9. The number of nitrogens with one attached hydrogen (secondary N) is 1. The van der Waals surface area contributed by atoms with E-state index in [1.165, 1.54) is 42.5 Å². The Morgan fingerprint density at radius 1 is 1.00 bits per heavy atom. The summed E-state index contributed by atoms with van der Waals surface area (Å²) in [6.45, 7) is 7.77. The summed E-state index contributed by atoms with van der Waals surface area (Å²) in [5.74, 6) is 0. The van der Waals surface area contributed by atoms with Crippen molar-refractivity contribution in [3.8, 4) is 0 Å². The highest BCUT2D eigenvalue weighted by Crippen LogP contribution is 2.23. The van der Waals surface area contributed by atoms with E-state index in [4.69, 9.17) is 0 Å². The molecule has 2 aliphatic rings. The average molecular weight is 329 g/mol. The van der Waals surface area contributed by atoms with Crippen molar-refractivity contribution in [1.29, 1.82) is 0 Å². The SMILES string of the molecule is Cc1ccc(C)c(N2CCN(C(=O)NC3CCCCCC3)CC2)c1. The molecule has 2 fully saturated rings. The van der Waals surface area contributed by atoms with Gasteiger partial charge in [-0.05, 0) is 43.9 Å². The monoisotopic (exact) mass is 329 g/mol. The number of aryl methyl sites for hydroxylation is 2. The van der Waals surface area contributed by atoms with Gasteiger partial charge in [0.15, 0.2) is 0 Å². The molecule has 4 heteroatoms. The summed E-state index contributed by atoms with van der Waals surface area (Å²) in [6.07, 6.45) is 7.45. The Morgan fingerprint density at radius 3 is 2.33 bits per heavy atom. The van der Waals surface area contributed by atoms with E-state index in [2.05, 4.69) is 42.3 Å². The van der Waals surface area contributed by atoms with Gasteiger partial charge in [-0.1, -0.05) is 37.8 Å². The molecule has 0 aromatic heterocycles. The van der Waals surface area contributed by atoms with Gasteiger partial charge in [0.05, 0.1) is 0 Å². The number of anilines is 1. The first-order chi connectivity index (χ1) is 11.6. The zero-order valence-corrected chi connectivity index (χ0v) is 15.2. The molecule has 1 aliphatic carbocycles. The molecule has 0 bridgehead atoms. The third-order valence-electron chi connectivity index (χ3n) is 5.45. The van der Waals surface area contributed by atoms with E-state index in [-0.39, 0.29) is 6.03 Å². The first-order valence-electron chi connectivity index (χ1n) is 9.51. The van der Waals surface area contributed by atoms with Gasteiger partial charge in [-0.3, -0.25) is 0 Å². The number of piperazine rings is 1. The molecule has 1 aromatic rings. The second-order valence-corrected chi connectivity index (χ2v) is 7.40. The predicted molar refractivity (Wildman–Crippen MR) is 99.7 cm³/mol. The molecule has 3 rings (SSSR count). The minimum Gasteiger partial charge on any atom is -0.368 e. The van der Waals surface area contributed by atoms with Gasteiger partial charge in [-0.2, -0.15) is 0 Å². The van der Waals surface area contributed by atoms with Crippen LogP contribution in [-0.4, -0.2) is 43.2 Å². The fourth-order valence-electron chi connectivity index (χ4n) is 3.90. The number of hydrogen-bond donors (Lipinski definition) is 1. The molecule has 1 saturated carbocycles. The van der Waals surface area contributed by atoms with Crippen LogP contribution in [0.3, 0.4) is 0 Å². The summed E-state index contributed by atoms with van der Waals surface area (Å²) < 4.78 is 0. The minimum absolute atomic E-state index is 0.141. The van der Waals surface area contributed by atoms with Crippen LogP contribution in [0.15, 0.2) is 18.2 Å². The molecule has 1 N–H and O–H groups in total. The van der Waals surface area contributed by atoms with E-state index in [0.29, 0.717) is 6.04 Å². The number of benzene rings is 1. The van der Waals surface area contributed by atoms with Crippen LogP contribution in [0.1, 0.15) is 49.7 Å². The lowest BCUT2D eigenvalue weighted by Gasteiger charge is -2.37. The Hall–Kier alpha value is -1.71. The fraction of sp³-hybridized carbons (Fsp3) is 0.650. The van der Waals surface area contributed by atoms with Crippen LogP contribution < -0.4 is 10.2 Å². The van der Waals surface area contributed by atoms with Crippen molar-refractivity contribution in [3.63, 3.8) is 0 Å². The second kappa shape index (κ2) is 7.91. The first-order valence-corrected chi connectivity index (χ1v) is 9.51. The van der Waals surface area contributed by atoms with Crippen LogP contribution >= 0.6 is 0 Å². The Balaban J connectivity index is 1.52. The normalized spacial score (nSPS) is 19.9. The number of carbonyl (C=O) groups excluding carboxylic acids is 1. The lowest BCUT2D eigenvalue weighted by Crippen LogP contribution is -2.53. The molecule has 1 saturated heterocycles. The summed E-state index contributed by atoms with van der Waals surface area (Å²) in [6, 6.07) is 7.14. The Bertz CT molecular complexity index is 556. The molecule has 0 spiro atoms. The van der Waals surface area contributed by atoms with Crippen LogP contribution in [0, 0.1) is 13.8 Å². The van der Waals surface area contributed by atoms with Crippen molar-refractivity contribution >= 4 is 11.7 Å². The summed E-state index contributed by atoms with van der Waals surface area (Å²) in [5, 5.41) is 3.27. The highest BCUT2D eigenvalue weighted by molar-refractivity contribution is 5.75. The number of carbonyl (C=O) groups is 1. The topological polar surface area (TPSA) is 35.6 Å². The van der Waals surface area contributed by atoms with Crippen LogP contribution in [0.25, 0.3) is 0 Å². The molecule has 1 aliphatic heterocycles. The predicted octanol–water partition coefficient (Wildman–Crippen LogP) is 3.86. The maximum absolute atomic E-state index is 12.5. The van der Waals surface area contributed by atoms with Crippen LogP contribution in [-0.2, 0) is 0 Å². The molecule has 132 valence electrons. The second-order valence-electron chi connectivity index (χ2n) is 7.40. The first kappa shape index (κ1) is 17.1. The van der Waals surface area contributed by atoms with Crippen LogP contribution in [0.2, 0.25) is 0 Å². The van der Waals surface area contributed by atoms with Crippen molar-refractivity contribution in [1.82, 2.24) is 10.2 Å². The summed E-state index contributed by atoms with van der Waals surface area (Å²) >= 11 is 0. The molecular weight excluding hydrogens is 298 g/mol. The Morgan fingerprint density at radius 2 is 1.67 bits per heavy atom. The highest BCUT2D eigenvalue weighted by atomic mass is 16.2. The number of rotatable bonds is 2. The highest BCUT2D eigenvalue weighted by Gasteiger charge is 2.24. The van der Waals surface area contributed by atoms with Crippen molar-refractivity contribution in [2.45, 2.75) is 58.4 Å². The van der Waals surface area contributed by atoms with Gasteiger partial charge in [0.25, 0.3) is 0 Å². The summed E-state index contributed by atoms with van der Waals surface area (Å²) in [4.78, 5) is 16.9. The Labute approximate surface area is 146 Å². The van der Waals surface area contributed by atoms with E-state index < -0.39 is 0 Å². The molecule has 24 heavy (non-hydrogen) atoms. The molecule has 1 aromatic carbocycles. The lowest BCUT2D eigenvalue weighted by atomic mass is 10.1. The van der Waals surface area contributed by atoms with Crippen molar-refractivity contribution in [3.05, 3.63) is 29.3 Å². The van der Waals surface area contributed by atoms with Crippen LogP contribution in [0.4, 0.5) is 10.5 Å². The van der Waals surface area contributed by atoms with E-state index in [1.54, 1.807) is 0 Å². The van der Waals surface area contributed by atoms with Crippen LogP contribution in [0.5, 0.6) is 0 Å². The zero-order valence-electron chi connectivity index (χ0n) is 15.2. The summed E-state index contributed by atoms with van der Waals surface area (Å²) in [5.41, 5.74) is 3.93. The molecular formula is C20H31N3O. The maximum atomic E-state index is 12.5. The average Bonchev–Trinajstić information content (AvgIpc) is 2.86. The lowest BCUT2D eigenvalue weighted by molar-refractivity contribution is 0.189. The van der Waals surface area contributed by atoms with Gasteiger partial charge in [0, 0.05) is 37.9 Å². The third kappa shape index (κ3) is 4.22. The van der Waals surface area contributed by atoms with Gasteiger partial charge < -0.3 is 15.1 Å². The minimum atomic E-state index is 0.141. The third-order valence-corrected chi connectivity index (χ3v) is 5.45. The molecule has 4 nitrogen and oxygen atoms in total. The molecule has 0 radical (unpaired) electrons. The number of urea groups is 1. The quantitative estimate of drug-likeness (QED) is 0.836. The summed E-state index contributed by atoms with van der Waals surface area (Å²) in [7, 11) is 0. The van der Waals surface area contributed by atoms with Crippen molar-refractivity contribution in [2.75, 3.05) is 31.1 Å². The molecule has 0 unspecified atom stereocenters. The van der Waals surface area contributed by atoms with E-state index >= 15 is 0 Å². The smallest absolute Gasteiger partial charge is 0.317 e. The van der Waals surface area contributed by atoms with Crippen molar-refractivity contribution in [2.24, 2.45) is 0 Å². The van der Waals surface area contributed by atoms with Gasteiger partial charge >= 0.3 is 6.03 Å². The van der Waals surface area contributed by atoms with Gasteiger partial charge in [-0.25, -0.2) is 4.79 Å². The Kier molecular flexibility index (Phi) is 5.64.